The Morgan fingerprint density at radius 3 is 2.86 bits per heavy atom. The number of benzene rings is 1. The van der Waals surface area contributed by atoms with Crippen molar-refractivity contribution in [2.75, 3.05) is 5.32 Å². The van der Waals surface area contributed by atoms with E-state index in [9.17, 15) is 9.18 Å². The highest BCUT2D eigenvalue weighted by molar-refractivity contribution is 7.14. The molecule has 0 radical (unpaired) electrons. The topological polar surface area (TPSA) is 54.9 Å². The lowest BCUT2D eigenvalue weighted by Crippen LogP contribution is -2.14. The third-order valence-corrected chi connectivity index (χ3v) is 3.69. The minimum Gasteiger partial charge on any atom is -0.302 e. The number of carbonyl (C=O) groups excluding carboxylic acids is 1. The summed E-state index contributed by atoms with van der Waals surface area (Å²) in [5.74, 6) is -0.579. The van der Waals surface area contributed by atoms with Crippen molar-refractivity contribution < 1.29 is 9.18 Å². The van der Waals surface area contributed by atoms with Gasteiger partial charge in [0.25, 0.3) is 0 Å². The van der Waals surface area contributed by atoms with Crippen LogP contribution in [0.4, 0.5) is 9.52 Å². The molecule has 0 atom stereocenters. The van der Waals surface area contributed by atoms with Crippen molar-refractivity contribution in [3.63, 3.8) is 0 Å². The molecule has 2 aromatic heterocycles. The SMILES string of the molecule is O=C(Cc1cccc(F)c1)Nc1nc(-c2ccccn2)cs1. The second kappa shape index (κ2) is 6.44. The fourth-order valence-electron chi connectivity index (χ4n) is 1.96. The van der Waals surface area contributed by atoms with Gasteiger partial charge >= 0.3 is 0 Å². The predicted octanol–water partition coefficient (Wildman–Crippen LogP) is 3.53. The maximum absolute atomic E-state index is 13.1. The molecule has 0 aliphatic carbocycles. The maximum atomic E-state index is 13.1. The number of anilines is 1. The van der Waals surface area contributed by atoms with E-state index in [1.165, 1.54) is 23.5 Å². The van der Waals surface area contributed by atoms with Gasteiger partial charge in [-0.25, -0.2) is 9.37 Å². The van der Waals surface area contributed by atoms with Gasteiger partial charge in [-0.15, -0.1) is 11.3 Å². The maximum Gasteiger partial charge on any atom is 0.230 e. The molecule has 6 heteroatoms. The quantitative estimate of drug-likeness (QED) is 0.801. The standard InChI is InChI=1S/C16H12FN3OS/c17-12-5-3-4-11(8-12)9-15(21)20-16-19-14(10-22-16)13-6-1-2-7-18-13/h1-8,10H,9H2,(H,19,20,21). The molecule has 22 heavy (non-hydrogen) atoms. The fraction of sp³-hybridized carbons (Fsp3) is 0.0625. The van der Waals surface area contributed by atoms with Crippen LogP contribution in [0.3, 0.4) is 0 Å². The number of halogens is 1. The lowest BCUT2D eigenvalue weighted by molar-refractivity contribution is -0.115. The summed E-state index contributed by atoms with van der Waals surface area (Å²) in [6.07, 6.45) is 1.80. The van der Waals surface area contributed by atoms with Crippen LogP contribution < -0.4 is 5.32 Å². The number of pyridine rings is 1. The largest absolute Gasteiger partial charge is 0.302 e. The zero-order valence-electron chi connectivity index (χ0n) is 11.5. The van der Waals surface area contributed by atoms with E-state index in [4.69, 9.17) is 0 Å². The second-order valence-corrected chi connectivity index (χ2v) is 5.47. The molecular formula is C16H12FN3OS. The molecule has 2 heterocycles. The van der Waals surface area contributed by atoms with Crippen LogP contribution in [0.15, 0.2) is 54.0 Å². The molecule has 0 bridgehead atoms. The van der Waals surface area contributed by atoms with Crippen LogP contribution in [0.1, 0.15) is 5.56 Å². The molecule has 3 aromatic rings. The third-order valence-electron chi connectivity index (χ3n) is 2.93. The molecule has 0 aliphatic rings. The number of nitrogens with one attached hydrogen (secondary N) is 1. The van der Waals surface area contributed by atoms with Crippen LogP contribution in [-0.2, 0) is 11.2 Å². The highest BCUT2D eigenvalue weighted by Gasteiger charge is 2.09. The van der Waals surface area contributed by atoms with Gasteiger partial charge in [-0.3, -0.25) is 9.78 Å². The Kier molecular flexibility index (Phi) is 4.20. The van der Waals surface area contributed by atoms with Crippen molar-refractivity contribution in [2.24, 2.45) is 0 Å². The summed E-state index contributed by atoms with van der Waals surface area (Å²) in [4.78, 5) is 20.5. The highest BCUT2D eigenvalue weighted by Crippen LogP contribution is 2.23. The molecule has 0 spiro atoms. The molecular weight excluding hydrogens is 301 g/mol. The molecule has 1 N–H and O–H groups in total. The number of hydrogen-bond donors (Lipinski definition) is 1. The first kappa shape index (κ1) is 14.3. The summed E-state index contributed by atoms with van der Waals surface area (Å²) in [6.45, 7) is 0. The fourth-order valence-corrected chi connectivity index (χ4v) is 2.68. The van der Waals surface area contributed by atoms with Crippen LogP contribution in [0.2, 0.25) is 0 Å². The zero-order chi connectivity index (χ0) is 15.4. The van der Waals surface area contributed by atoms with Crippen LogP contribution in [0.5, 0.6) is 0 Å². The van der Waals surface area contributed by atoms with Crippen molar-refractivity contribution in [3.8, 4) is 11.4 Å². The Hall–Kier alpha value is -2.60. The number of aromatic nitrogens is 2. The monoisotopic (exact) mass is 313 g/mol. The smallest absolute Gasteiger partial charge is 0.230 e. The summed E-state index contributed by atoms with van der Waals surface area (Å²) in [5.41, 5.74) is 2.09. The van der Waals surface area contributed by atoms with Gasteiger partial charge in [-0.05, 0) is 29.8 Å². The van der Waals surface area contributed by atoms with Crippen LogP contribution in [0.25, 0.3) is 11.4 Å². The minimum absolute atomic E-state index is 0.107. The summed E-state index contributed by atoms with van der Waals surface area (Å²) >= 11 is 1.33. The third kappa shape index (κ3) is 3.53. The first-order chi connectivity index (χ1) is 10.7. The van der Waals surface area contributed by atoms with Crippen LogP contribution >= 0.6 is 11.3 Å². The van der Waals surface area contributed by atoms with Gasteiger partial charge in [-0.1, -0.05) is 18.2 Å². The first-order valence-corrected chi connectivity index (χ1v) is 7.50. The zero-order valence-corrected chi connectivity index (χ0v) is 12.3. The number of carbonyl (C=O) groups is 1. The van der Waals surface area contributed by atoms with E-state index in [0.717, 1.165) is 5.69 Å². The molecule has 1 aromatic carbocycles. The summed E-state index contributed by atoms with van der Waals surface area (Å²) in [6, 6.07) is 11.6. The molecule has 0 aliphatic heterocycles. The van der Waals surface area contributed by atoms with Crippen LogP contribution in [0, 0.1) is 5.82 Å². The van der Waals surface area contributed by atoms with Gasteiger partial charge in [-0.2, -0.15) is 0 Å². The number of rotatable bonds is 4. The lowest BCUT2D eigenvalue weighted by Gasteiger charge is -2.02. The van der Waals surface area contributed by atoms with E-state index in [-0.39, 0.29) is 18.1 Å². The van der Waals surface area contributed by atoms with E-state index in [0.29, 0.717) is 16.4 Å². The Morgan fingerprint density at radius 1 is 1.18 bits per heavy atom. The van der Waals surface area contributed by atoms with Gasteiger partial charge in [0.2, 0.25) is 5.91 Å². The van der Waals surface area contributed by atoms with E-state index in [1.807, 2.05) is 23.6 Å². The Bertz CT molecular complexity index is 789. The minimum atomic E-state index is -0.350. The summed E-state index contributed by atoms with van der Waals surface area (Å²) in [5, 5.41) is 5.05. The van der Waals surface area contributed by atoms with Gasteiger partial charge in [0.1, 0.15) is 11.5 Å². The molecule has 4 nitrogen and oxygen atoms in total. The van der Waals surface area contributed by atoms with Crippen molar-refractivity contribution in [1.29, 1.82) is 0 Å². The van der Waals surface area contributed by atoms with E-state index >= 15 is 0 Å². The van der Waals surface area contributed by atoms with Gasteiger partial charge in [0.15, 0.2) is 5.13 Å². The molecule has 0 saturated heterocycles. The first-order valence-electron chi connectivity index (χ1n) is 6.62. The Balaban J connectivity index is 1.66. The van der Waals surface area contributed by atoms with Crippen molar-refractivity contribution >= 4 is 22.4 Å². The molecule has 3 rings (SSSR count). The summed E-state index contributed by atoms with van der Waals surface area (Å²) < 4.78 is 13.1. The molecule has 0 fully saturated rings. The van der Waals surface area contributed by atoms with E-state index in [1.54, 1.807) is 18.3 Å². The average Bonchev–Trinajstić information content (AvgIpc) is 2.96. The number of amides is 1. The highest BCUT2D eigenvalue weighted by atomic mass is 32.1. The Labute approximate surface area is 130 Å². The van der Waals surface area contributed by atoms with Crippen molar-refractivity contribution in [3.05, 3.63) is 65.4 Å². The second-order valence-electron chi connectivity index (χ2n) is 4.61. The predicted molar refractivity (Wildman–Crippen MR) is 84.1 cm³/mol. The van der Waals surface area contributed by atoms with Gasteiger partial charge in [0.05, 0.1) is 12.1 Å². The molecule has 0 saturated carbocycles. The molecule has 110 valence electrons. The van der Waals surface area contributed by atoms with Crippen molar-refractivity contribution in [2.45, 2.75) is 6.42 Å². The number of nitrogens with zero attached hydrogens (tertiary/aromatic N) is 2. The van der Waals surface area contributed by atoms with Gasteiger partial charge < -0.3 is 5.32 Å². The normalized spacial score (nSPS) is 10.4. The molecule has 0 unspecified atom stereocenters. The lowest BCUT2D eigenvalue weighted by atomic mass is 10.1. The number of thiazole rings is 1. The molecule has 1 amide bonds. The number of hydrogen-bond acceptors (Lipinski definition) is 4. The van der Waals surface area contributed by atoms with Crippen molar-refractivity contribution in [1.82, 2.24) is 9.97 Å². The van der Waals surface area contributed by atoms with Crippen LogP contribution in [-0.4, -0.2) is 15.9 Å². The van der Waals surface area contributed by atoms with E-state index in [2.05, 4.69) is 15.3 Å². The van der Waals surface area contributed by atoms with E-state index < -0.39 is 0 Å². The Morgan fingerprint density at radius 2 is 2.09 bits per heavy atom. The average molecular weight is 313 g/mol. The summed E-state index contributed by atoms with van der Waals surface area (Å²) in [7, 11) is 0. The van der Waals surface area contributed by atoms with Gasteiger partial charge in [0, 0.05) is 11.6 Å².